The van der Waals surface area contributed by atoms with Crippen molar-refractivity contribution in [1.82, 2.24) is 9.97 Å². The van der Waals surface area contributed by atoms with Gasteiger partial charge in [0.25, 0.3) is 0 Å². The quantitative estimate of drug-likeness (QED) is 0.447. The molecule has 0 radical (unpaired) electrons. The zero-order valence-corrected chi connectivity index (χ0v) is 12.9. The van der Waals surface area contributed by atoms with Crippen molar-refractivity contribution >= 4 is 29.3 Å². The molecule has 0 fully saturated rings. The number of isocyanates is 1. The number of hydrogen-bond donors (Lipinski definition) is 0. The number of carbonyl (C=O) groups excluding carboxylic acids is 2. The normalized spacial score (nSPS) is 9.79. The van der Waals surface area contributed by atoms with Crippen LogP contribution in [0.3, 0.4) is 0 Å². The van der Waals surface area contributed by atoms with Gasteiger partial charge in [-0.05, 0) is 6.07 Å². The highest BCUT2D eigenvalue weighted by Crippen LogP contribution is 2.34. The first-order chi connectivity index (χ1) is 11.5. The molecule has 0 aliphatic rings. The lowest BCUT2D eigenvalue weighted by Gasteiger charge is -2.08. The van der Waals surface area contributed by atoms with E-state index in [2.05, 4.69) is 19.7 Å². The minimum atomic E-state index is -0.813. The van der Waals surface area contributed by atoms with Gasteiger partial charge in [0, 0.05) is 18.3 Å². The molecule has 124 valence electrons. The molecule has 0 spiro atoms. The molecule has 0 amide bonds. The van der Waals surface area contributed by atoms with Gasteiger partial charge in [0.2, 0.25) is 12.0 Å². The molecule has 24 heavy (non-hydrogen) atoms. The SMILES string of the molecule is COC(=O)COc1ccnc(Oc2cc(N=C=O)c(F)cc2Cl)n1. The maximum Gasteiger partial charge on any atom is 0.343 e. The molecule has 0 atom stereocenters. The number of hydrogen-bond acceptors (Lipinski definition) is 8. The summed E-state index contributed by atoms with van der Waals surface area (Å²) in [5, 5.41) is -0.0816. The zero-order valence-electron chi connectivity index (χ0n) is 12.2. The van der Waals surface area contributed by atoms with Crippen molar-refractivity contribution < 1.29 is 28.2 Å². The highest BCUT2D eigenvalue weighted by molar-refractivity contribution is 6.32. The van der Waals surface area contributed by atoms with Crippen LogP contribution in [0.25, 0.3) is 0 Å². The van der Waals surface area contributed by atoms with E-state index in [1.807, 2.05) is 0 Å². The van der Waals surface area contributed by atoms with Crippen LogP contribution in [0.2, 0.25) is 5.02 Å². The molecule has 0 N–H and O–H groups in total. The number of nitrogens with zero attached hydrogens (tertiary/aromatic N) is 3. The highest BCUT2D eigenvalue weighted by Gasteiger charge is 2.12. The number of ether oxygens (including phenoxy) is 3. The van der Waals surface area contributed by atoms with E-state index in [1.165, 1.54) is 25.5 Å². The van der Waals surface area contributed by atoms with Crippen LogP contribution in [0.4, 0.5) is 10.1 Å². The van der Waals surface area contributed by atoms with Gasteiger partial charge in [0.1, 0.15) is 5.69 Å². The Bertz CT molecular complexity index is 811. The third kappa shape index (κ3) is 4.48. The standard InChI is InChI=1S/C14H9ClFN3O5/c1-22-13(21)6-23-12-2-3-17-14(19-12)24-11-5-10(18-7-20)9(16)4-8(11)15/h2-5H,6H2,1H3. The van der Waals surface area contributed by atoms with E-state index in [0.29, 0.717) is 0 Å². The van der Waals surface area contributed by atoms with Crippen molar-refractivity contribution in [1.29, 1.82) is 0 Å². The second-order valence-electron chi connectivity index (χ2n) is 4.08. The first-order valence-corrected chi connectivity index (χ1v) is 6.68. The van der Waals surface area contributed by atoms with E-state index in [-0.39, 0.29) is 35.0 Å². The van der Waals surface area contributed by atoms with Gasteiger partial charge in [-0.15, -0.1) is 0 Å². The van der Waals surface area contributed by atoms with Gasteiger partial charge in [-0.1, -0.05) is 11.6 Å². The van der Waals surface area contributed by atoms with Crippen LogP contribution in [0, 0.1) is 5.82 Å². The van der Waals surface area contributed by atoms with Gasteiger partial charge in [0.05, 0.1) is 12.1 Å². The fourth-order valence-corrected chi connectivity index (χ4v) is 1.67. The Morgan fingerprint density at radius 3 is 2.96 bits per heavy atom. The molecular formula is C14H9ClFN3O5. The van der Waals surface area contributed by atoms with E-state index in [0.717, 1.165) is 12.1 Å². The van der Waals surface area contributed by atoms with Gasteiger partial charge < -0.3 is 14.2 Å². The number of aliphatic imine (C=N–C) groups is 1. The number of esters is 1. The molecule has 8 nitrogen and oxygen atoms in total. The first kappa shape index (κ1) is 17.3. The van der Waals surface area contributed by atoms with Crippen molar-refractivity contribution in [3.8, 4) is 17.6 Å². The topological polar surface area (TPSA) is 100.0 Å². The molecule has 10 heteroatoms. The maximum absolute atomic E-state index is 13.5. The van der Waals surface area contributed by atoms with Crippen molar-refractivity contribution in [3.63, 3.8) is 0 Å². The minimum Gasteiger partial charge on any atom is -0.466 e. The summed E-state index contributed by atoms with van der Waals surface area (Å²) in [6.45, 7) is -0.345. The Morgan fingerprint density at radius 1 is 1.46 bits per heavy atom. The van der Waals surface area contributed by atoms with E-state index < -0.39 is 11.8 Å². The molecule has 1 heterocycles. The fourth-order valence-electron chi connectivity index (χ4n) is 1.48. The van der Waals surface area contributed by atoms with Crippen LogP contribution in [0.5, 0.6) is 17.6 Å². The Balaban J connectivity index is 2.20. The molecule has 0 saturated heterocycles. The van der Waals surface area contributed by atoms with E-state index in [1.54, 1.807) is 0 Å². The summed E-state index contributed by atoms with van der Waals surface area (Å²) >= 11 is 5.86. The van der Waals surface area contributed by atoms with Crippen molar-refractivity contribution in [3.05, 3.63) is 35.2 Å². The molecule has 0 aliphatic carbocycles. The Labute approximate surface area is 139 Å². The lowest BCUT2D eigenvalue weighted by Crippen LogP contribution is -2.13. The average molecular weight is 354 g/mol. The highest BCUT2D eigenvalue weighted by atomic mass is 35.5. The number of methoxy groups -OCH3 is 1. The number of benzene rings is 1. The molecule has 0 unspecified atom stereocenters. The van der Waals surface area contributed by atoms with E-state index in [9.17, 15) is 14.0 Å². The summed E-state index contributed by atoms with van der Waals surface area (Å²) in [6, 6.07) is 3.23. The molecule has 0 bridgehead atoms. The Hall–Kier alpha value is -3.03. The monoisotopic (exact) mass is 353 g/mol. The van der Waals surface area contributed by atoms with Crippen molar-refractivity contribution in [2.45, 2.75) is 0 Å². The van der Waals surface area contributed by atoms with Crippen LogP contribution in [0.1, 0.15) is 0 Å². The van der Waals surface area contributed by atoms with Crippen LogP contribution in [0.15, 0.2) is 29.4 Å². The first-order valence-electron chi connectivity index (χ1n) is 6.31. The predicted molar refractivity (Wildman–Crippen MR) is 78.8 cm³/mol. The lowest BCUT2D eigenvalue weighted by molar-refractivity contribution is -0.143. The summed E-state index contributed by atoms with van der Waals surface area (Å²) in [7, 11) is 1.22. The third-order valence-corrected chi connectivity index (χ3v) is 2.84. The lowest BCUT2D eigenvalue weighted by atomic mass is 10.3. The third-order valence-electron chi connectivity index (χ3n) is 2.54. The van der Waals surface area contributed by atoms with Gasteiger partial charge in [0.15, 0.2) is 18.2 Å². The number of carbonyl (C=O) groups is 1. The summed E-state index contributed by atoms with van der Waals surface area (Å²) in [5.41, 5.74) is -0.303. The van der Waals surface area contributed by atoms with Crippen molar-refractivity contribution in [2.75, 3.05) is 13.7 Å². The van der Waals surface area contributed by atoms with Gasteiger partial charge in [-0.2, -0.15) is 9.98 Å². The summed E-state index contributed by atoms with van der Waals surface area (Å²) in [5.74, 6) is -1.38. The largest absolute Gasteiger partial charge is 0.466 e. The number of halogens is 2. The molecular weight excluding hydrogens is 345 g/mol. The number of aromatic nitrogens is 2. The molecule has 2 rings (SSSR count). The molecule has 2 aromatic rings. The van der Waals surface area contributed by atoms with E-state index >= 15 is 0 Å². The second kappa shape index (κ2) is 8.00. The summed E-state index contributed by atoms with van der Waals surface area (Å²) in [4.78, 5) is 32.2. The van der Waals surface area contributed by atoms with Crippen LogP contribution in [-0.4, -0.2) is 35.7 Å². The zero-order chi connectivity index (χ0) is 17.5. The smallest absolute Gasteiger partial charge is 0.343 e. The van der Waals surface area contributed by atoms with E-state index in [4.69, 9.17) is 21.1 Å². The number of rotatable bonds is 6. The molecule has 0 aliphatic heterocycles. The van der Waals surface area contributed by atoms with Crippen LogP contribution in [-0.2, 0) is 14.3 Å². The summed E-state index contributed by atoms with van der Waals surface area (Å²) in [6.07, 6.45) is 2.53. The Morgan fingerprint density at radius 2 is 2.25 bits per heavy atom. The Kier molecular flexibility index (Phi) is 5.78. The van der Waals surface area contributed by atoms with Crippen LogP contribution >= 0.6 is 11.6 Å². The molecule has 1 aromatic heterocycles. The van der Waals surface area contributed by atoms with Gasteiger partial charge in [-0.3, -0.25) is 0 Å². The molecule has 1 aromatic carbocycles. The van der Waals surface area contributed by atoms with Crippen LogP contribution < -0.4 is 9.47 Å². The van der Waals surface area contributed by atoms with Gasteiger partial charge >= 0.3 is 12.0 Å². The fraction of sp³-hybridized carbons (Fsp3) is 0.143. The average Bonchev–Trinajstić information content (AvgIpc) is 2.57. The minimum absolute atomic E-state index is 0.0304. The summed E-state index contributed by atoms with van der Waals surface area (Å²) < 4.78 is 28.3. The maximum atomic E-state index is 13.5. The predicted octanol–water partition coefficient (Wildman–Crippen LogP) is 2.58. The molecule has 0 saturated carbocycles. The van der Waals surface area contributed by atoms with Gasteiger partial charge in [-0.25, -0.2) is 19.0 Å². The second-order valence-corrected chi connectivity index (χ2v) is 4.49. The van der Waals surface area contributed by atoms with Crippen molar-refractivity contribution in [2.24, 2.45) is 4.99 Å².